The minimum Gasteiger partial charge on any atom is -0.493 e. The Morgan fingerprint density at radius 2 is 1.92 bits per heavy atom. The lowest BCUT2D eigenvalue weighted by molar-refractivity contribution is -0.133. The summed E-state index contributed by atoms with van der Waals surface area (Å²) in [7, 11) is 4.61. The molecular formula is C16H22O8S. The van der Waals surface area contributed by atoms with Crippen LogP contribution in [0.4, 0.5) is 0 Å². The molecule has 140 valence electrons. The molecule has 1 saturated heterocycles. The van der Waals surface area contributed by atoms with Crippen LogP contribution in [0.15, 0.2) is 12.1 Å². The van der Waals surface area contributed by atoms with Crippen molar-refractivity contribution in [3.8, 4) is 23.0 Å². The molecule has 8 nitrogen and oxygen atoms in total. The van der Waals surface area contributed by atoms with Gasteiger partial charge >= 0.3 is 5.97 Å². The van der Waals surface area contributed by atoms with Gasteiger partial charge in [0.2, 0.25) is 5.75 Å². The quantitative estimate of drug-likeness (QED) is 0.656. The second-order valence-corrected chi connectivity index (χ2v) is 6.13. The Balaban J connectivity index is 1.86. The molecule has 2 rings (SSSR count). The van der Waals surface area contributed by atoms with E-state index in [0.29, 0.717) is 42.0 Å². The van der Waals surface area contributed by atoms with E-state index in [1.54, 1.807) is 12.1 Å². The predicted octanol–water partition coefficient (Wildman–Crippen LogP) is 1.65. The fourth-order valence-corrected chi connectivity index (χ4v) is 2.91. The first-order chi connectivity index (χ1) is 12.1. The molecule has 25 heavy (non-hydrogen) atoms. The average molecular weight is 374 g/mol. The molecule has 2 unspecified atom stereocenters. The van der Waals surface area contributed by atoms with Crippen LogP contribution in [-0.2, 0) is 14.3 Å². The van der Waals surface area contributed by atoms with Crippen molar-refractivity contribution in [2.24, 2.45) is 0 Å². The van der Waals surface area contributed by atoms with Gasteiger partial charge in [-0.05, 0) is 0 Å². The summed E-state index contributed by atoms with van der Waals surface area (Å²) in [6.07, 6.45) is -0.646. The zero-order valence-electron chi connectivity index (χ0n) is 14.4. The second kappa shape index (κ2) is 9.59. The smallest absolute Gasteiger partial charge is 0.313 e. The molecule has 0 radical (unpaired) electrons. The maximum Gasteiger partial charge on any atom is 0.313 e. The van der Waals surface area contributed by atoms with Crippen molar-refractivity contribution >= 4 is 17.7 Å². The summed E-state index contributed by atoms with van der Waals surface area (Å²) in [6.45, 7) is 0.682. The Kier molecular flexibility index (Phi) is 7.48. The van der Waals surface area contributed by atoms with Gasteiger partial charge in [0.05, 0.1) is 33.7 Å². The van der Waals surface area contributed by atoms with Crippen molar-refractivity contribution in [1.29, 1.82) is 0 Å². The molecule has 0 amide bonds. The van der Waals surface area contributed by atoms with Crippen molar-refractivity contribution in [2.45, 2.75) is 12.4 Å². The van der Waals surface area contributed by atoms with E-state index in [1.807, 2.05) is 0 Å². The molecule has 1 N–H and O–H groups in total. The molecule has 1 fully saturated rings. The third-order valence-corrected chi connectivity index (χ3v) is 4.32. The van der Waals surface area contributed by atoms with Crippen molar-refractivity contribution in [3.05, 3.63) is 12.1 Å². The Bertz CT molecular complexity index is 554. The third-order valence-electron chi connectivity index (χ3n) is 3.37. The van der Waals surface area contributed by atoms with Crippen molar-refractivity contribution < 1.29 is 38.3 Å². The zero-order valence-corrected chi connectivity index (χ0v) is 15.2. The largest absolute Gasteiger partial charge is 0.493 e. The van der Waals surface area contributed by atoms with Crippen LogP contribution in [0.2, 0.25) is 0 Å². The molecule has 0 saturated carbocycles. The van der Waals surface area contributed by atoms with Crippen LogP contribution < -0.4 is 18.9 Å². The number of hydrogen-bond acceptors (Lipinski definition) is 8. The highest BCUT2D eigenvalue weighted by Crippen LogP contribution is 2.40. The van der Waals surface area contributed by atoms with Gasteiger partial charge < -0.3 is 33.5 Å². The van der Waals surface area contributed by atoms with Crippen LogP contribution in [0.5, 0.6) is 23.0 Å². The number of aliphatic carboxylic acids is 1. The Morgan fingerprint density at radius 1 is 1.24 bits per heavy atom. The fourth-order valence-electron chi connectivity index (χ4n) is 2.25. The van der Waals surface area contributed by atoms with Crippen LogP contribution in [0, 0.1) is 0 Å². The van der Waals surface area contributed by atoms with Crippen molar-refractivity contribution in [1.82, 2.24) is 0 Å². The van der Waals surface area contributed by atoms with E-state index in [0.717, 1.165) is 0 Å². The molecule has 0 bridgehead atoms. The van der Waals surface area contributed by atoms with E-state index in [2.05, 4.69) is 0 Å². The summed E-state index contributed by atoms with van der Waals surface area (Å²) >= 11 is 1.25. The van der Waals surface area contributed by atoms with Gasteiger partial charge in [-0.1, -0.05) is 0 Å². The maximum atomic E-state index is 10.5. The van der Waals surface area contributed by atoms with Crippen molar-refractivity contribution in [2.75, 3.05) is 46.0 Å². The highest BCUT2D eigenvalue weighted by Gasteiger charge is 2.27. The fraction of sp³-hybridized carbons (Fsp3) is 0.562. The molecule has 1 aromatic rings. The highest BCUT2D eigenvalue weighted by atomic mass is 32.2. The van der Waals surface area contributed by atoms with Crippen molar-refractivity contribution in [3.63, 3.8) is 0 Å². The van der Waals surface area contributed by atoms with E-state index in [1.165, 1.54) is 33.1 Å². The van der Waals surface area contributed by atoms with Gasteiger partial charge in [0, 0.05) is 17.9 Å². The van der Waals surface area contributed by atoms with E-state index < -0.39 is 12.3 Å². The van der Waals surface area contributed by atoms with Crippen LogP contribution >= 0.6 is 11.8 Å². The maximum absolute atomic E-state index is 10.5. The number of ether oxygens (including phenoxy) is 6. The number of carbonyl (C=O) groups is 1. The summed E-state index contributed by atoms with van der Waals surface area (Å²) in [5.41, 5.74) is 0. The van der Waals surface area contributed by atoms with E-state index in [-0.39, 0.29) is 11.9 Å². The topological polar surface area (TPSA) is 92.7 Å². The number of methoxy groups -OCH3 is 3. The first kappa shape index (κ1) is 19.5. The zero-order chi connectivity index (χ0) is 18.2. The molecule has 1 aliphatic heterocycles. The summed E-state index contributed by atoms with van der Waals surface area (Å²) in [4.78, 5) is 10.5. The molecule has 1 aliphatic rings. The Labute approximate surface area is 150 Å². The number of rotatable bonds is 10. The molecule has 1 heterocycles. The number of carboxylic acids is 1. The SMILES string of the molecule is COc1cc(OCC2COC(CSCC(=O)O)O2)cc(OC)c1OC. The van der Waals surface area contributed by atoms with Gasteiger partial charge in [-0.15, -0.1) is 11.8 Å². The first-order valence-corrected chi connectivity index (χ1v) is 8.72. The highest BCUT2D eigenvalue weighted by molar-refractivity contribution is 7.99. The number of carboxylic acid groups (broad SMARTS) is 1. The number of hydrogen-bond donors (Lipinski definition) is 1. The van der Waals surface area contributed by atoms with Gasteiger partial charge in [-0.3, -0.25) is 4.79 Å². The molecule has 0 aliphatic carbocycles. The molecule has 0 aromatic heterocycles. The Hall–Kier alpha value is -1.84. The van der Waals surface area contributed by atoms with Crippen LogP contribution in [0.25, 0.3) is 0 Å². The predicted molar refractivity (Wildman–Crippen MR) is 91.2 cm³/mol. The van der Waals surface area contributed by atoms with Gasteiger partial charge in [-0.25, -0.2) is 0 Å². The molecule has 0 spiro atoms. The monoisotopic (exact) mass is 374 g/mol. The second-order valence-electron chi connectivity index (χ2n) is 5.10. The van der Waals surface area contributed by atoms with Gasteiger partial charge in [0.25, 0.3) is 0 Å². The van der Waals surface area contributed by atoms with Gasteiger partial charge in [-0.2, -0.15) is 0 Å². The summed E-state index contributed by atoms with van der Waals surface area (Å²) in [5.74, 6) is 1.69. The molecule has 1 aromatic carbocycles. The van der Waals surface area contributed by atoms with E-state index in [4.69, 9.17) is 33.5 Å². The lowest BCUT2D eigenvalue weighted by atomic mass is 10.2. The number of benzene rings is 1. The summed E-state index contributed by atoms with van der Waals surface area (Å²) in [5, 5.41) is 8.62. The minimum atomic E-state index is -0.856. The average Bonchev–Trinajstić information content (AvgIpc) is 3.06. The Morgan fingerprint density at radius 3 is 2.48 bits per heavy atom. The molecular weight excluding hydrogens is 352 g/mol. The van der Waals surface area contributed by atoms with E-state index in [9.17, 15) is 4.79 Å². The lowest BCUT2D eigenvalue weighted by Gasteiger charge is -2.16. The van der Waals surface area contributed by atoms with Gasteiger partial charge in [0.1, 0.15) is 18.5 Å². The van der Waals surface area contributed by atoms with Crippen LogP contribution in [0.1, 0.15) is 0 Å². The van der Waals surface area contributed by atoms with E-state index >= 15 is 0 Å². The lowest BCUT2D eigenvalue weighted by Crippen LogP contribution is -2.21. The molecule has 9 heteroatoms. The first-order valence-electron chi connectivity index (χ1n) is 7.56. The molecule has 2 atom stereocenters. The minimum absolute atomic E-state index is 0.0236. The summed E-state index contributed by atoms with van der Waals surface area (Å²) < 4.78 is 32.7. The third kappa shape index (κ3) is 5.58. The summed E-state index contributed by atoms with van der Waals surface area (Å²) in [6, 6.07) is 3.41. The van der Waals surface area contributed by atoms with Crippen LogP contribution in [0.3, 0.4) is 0 Å². The normalized spacial score (nSPS) is 19.5. The van der Waals surface area contributed by atoms with Crippen LogP contribution in [-0.4, -0.2) is 69.5 Å². The standard InChI is InChI=1S/C16H22O8S/c1-19-12-4-10(5-13(20-2)16(12)21-3)22-6-11-7-23-15(24-11)9-25-8-14(17)18/h4-5,11,15H,6-9H2,1-3H3,(H,17,18). The number of thioether (sulfide) groups is 1. The van der Waals surface area contributed by atoms with Gasteiger partial charge in [0.15, 0.2) is 17.8 Å².